The van der Waals surface area contributed by atoms with Gasteiger partial charge in [0.25, 0.3) is 5.91 Å². The van der Waals surface area contributed by atoms with Gasteiger partial charge in [-0.25, -0.2) is 0 Å². The summed E-state index contributed by atoms with van der Waals surface area (Å²) in [5.41, 5.74) is 1.31. The Labute approximate surface area is 88.9 Å². The highest BCUT2D eigenvalue weighted by Gasteiger charge is 2.07. The van der Waals surface area contributed by atoms with E-state index in [-0.39, 0.29) is 5.91 Å². The van der Waals surface area contributed by atoms with Crippen LogP contribution in [0.1, 0.15) is 28.9 Å². The lowest BCUT2D eigenvalue weighted by atomic mass is 10.2. The monoisotopic (exact) mass is 203 g/mol. The highest BCUT2D eigenvalue weighted by Crippen LogP contribution is 2.02. The number of rotatable bonds is 4. The molecule has 1 heterocycles. The SMILES string of the molecule is Cc1ncccc1C(=O)NCCCC#N. The van der Waals surface area contributed by atoms with Crippen LogP contribution in [0.25, 0.3) is 0 Å². The van der Waals surface area contributed by atoms with Crippen molar-refractivity contribution in [2.45, 2.75) is 19.8 Å². The first kappa shape index (κ1) is 11.2. The lowest BCUT2D eigenvalue weighted by molar-refractivity contribution is 0.0952. The van der Waals surface area contributed by atoms with E-state index in [0.717, 1.165) is 5.69 Å². The molecule has 0 saturated carbocycles. The number of pyridine rings is 1. The van der Waals surface area contributed by atoms with Crippen LogP contribution in [-0.4, -0.2) is 17.4 Å². The van der Waals surface area contributed by atoms with Crippen molar-refractivity contribution in [2.24, 2.45) is 0 Å². The summed E-state index contributed by atoms with van der Waals surface area (Å²) in [6.45, 7) is 2.32. The fraction of sp³-hybridized carbons (Fsp3) is 0.364. The number of hydrogen-bond acceptors (Lipinski definition) is 3. The molecule has 4 heteroatoms. The van der Waals surface area contributed by atoms with E-state index in [2.05, 4.69) is 10.3 Å². The number of nitrogens with one attached hydrogen (secondary N) is 1. The molecule has 0 unspecified atom stereocenters. The van der Waals surface area contributed by atoms with Gasteiger partial charge >= 0.3 is 0 Å². The van der Waals surface area contributed by atoms with Crippen molar-refractivity contribution >= 4 is 5.91 Å². The highest BCUT2D eigenvalue weighted by molar-refractivity contribution is 5.95. The van der Waals surface area contributed by atoms with Crippen LogP contribution < -0.4 is 5.32 Å². The first-order chi connectivity index (χ1) is 7.25. The Bertz CT molecular complexity index is 382. The average molecular weight is 203 g/mol. The van der Waals surface area contributed by atoms with Crippen LogP contribution in [0, 0.1) is 18.3 Å². The van der Waals surface area contributed by atoms with Crippen LogP contribution in [-0.2, 0) is 0 Å². The minimum absolute atomic E-state index is 0.126. The average Bonchev–Trinajstić information content (AvgIpc) is 2.25. The highest BCUT2D eigenvalue weighted by atomic mass is 16.1. The fourth-order valence-corrected chi connectivity index (χ4v) is 1.19. The Morgan fingerprint density at radius 2 is 2.47 bits per heavy atom. The molecule has 0 spiro atoms. The van der Waals surface area contributed by atoms with Crippen molar-refractivity contribution in [3.8, 4) is 6.07 Å². The van der Waals surface area contributed by atoms with Gasteiger partial charge in [0.1, 0.15) is 0 Å². The maximum Gasteiger partial charge on any atom is 0.253 e. The van der Waals surface area contributed by atoms with Gasteiger partial charge in [0.15, 0.2) is 0 Å². The predicted octanol–water partition coefficient (Wildman–Crippen LogP) is 1.42. The molecule has 0 bridgehead atoms. The van der Waals surface area contributed by atoms with E-state index in [0.29, 0.717) is 24.9 Å². The van der Waals surface area contributed by atoms with Crippen LogP contribution in [0.15, 0.2) is 18.3 Å². The minimum atomic E-state index is -0.126. The zero-order chi connectivity index (χ0) is 11.1. The Morgan fingerprint density at radius 1 is 1.67 bits per heavy atom. The van der Waals surface area contributed by atoms with Gasteiger partial charge in [-0.1, -0.05) is 0 Å². The first-order valence-electron chi connectivity index (χ1n) is 4.82. The van der Waals surface area contributed by atoms with Crippen molar-refractivity contribution < 1.29 is 4.79 Å². The molecule has 0 saturated heterocycles. The summed E-state index contributed by atoms with van der Waals surface area (Å²) in [6.07, 6.45) is 2.80. The molecule has 0 aromatic carbocycles. The molecule has 1 aromatic heterocycles. The topological polar surface area (TPSA) is 65.8 Å². The number of aromatic nitrogens is 1. The van der Waals surface area contributed by atoms with E-state index in [4.69, 9.17) is 5.26 Å². The zero-order valence-corrected chi connectivity index (χ0v) is 8.66. The Kier molecular flexibility index (Phi) is 4.30. The molecule has 1 rings (SSSR count). The molecular weight excluding hydrogens is 190 g/mol. The molecule has 1 aromatic rings. The van der Waals surface area contributed by atoms with Gasteiger partial charge in [-0.05, 0) is 25.5 Å². The lowest BCUT2D eigenvalue weighted by Crippen LogP contribution is -2.25. The molecule has 1 N–H and O–H groups in total. The van der Waals surface area contributed by atoms with Gasteiger partial charge in [-0.2, -0.15) is 5.26 Å². The second kappa shape index (κ2) is 5.76. The normalized spacial score (nSPS) is 9.33. The molecule has 15 heavy (non-hydrogen) atoms. The second-order valence-corrected chi connectivity index (χ2v) is 3.15. The van der Waals surface area contributed by atoms with Crippen molar-refractivity contribution in [3.63, 3.8) is 0 Å². The van der Waals surface area contributed by atoms with Crippen molar-refractivity contribution in [1.29, 1.82) is 5.26 Å². The standard InChI is InChI=1S/C11H13N3O/c1-9-10(5-4-8-13-9)11(15)14-7-3-2-6-12/h4-5,8H,2-3,7H2,1H3,(H,14,15). The molecule has 1 amide bonds. The van der Waals surface area contributed by atoms with Gasteiger partial charge in [-0.15, -0.1) is 0 Å². The third-order valence-electron chi connectivity index (χ3n) is 2.00. The first-order valence-corrected chi connectivity index (χ1v) is 4.82. The molecule has 78 valence electrons. The number of carbonyl (C=O) groups is 1. The molecule has 0 fully saturated rings. The molecule has 0 atom stereocenters. The van der Waals surface area contributed by atoms with E-state index in [9.17, 15) is 4.79 Å². The maximum absolute atomic E-state index is 11.6. The smallest absolute Gasteiger partial charge is 0.253 e. The number of nitrogens with zero attached hydrogens (tertiary/aromatic N) is 2. The summed E-state index contributed by atoms with van der Waals surface area (Å²) in [7, 11) is 0. The Hall–Kier alpha value is -1.89. The number of unbranched alkanes of at least 4 members (excludes halogenated alkanes) is 1. The van der Waals surface area contributed by atoms with Gasteiger partial charge in [-0.3, -0.25) is 9.78 Å². The molecule has 0 aliphatic carbocycles. The van der Waals surface area contributed by atoms with Gasteiger partial charge in [0, 0.05) is 24.9 Å². The van der Waals surface area contributed by atoms with Crippen molar-refractivity contribution in [2.75, 3.05) is 6.54 Å². The molecule has 0 radical (unpaired) electrons. The number of carbonyl (C=O) groups excluding carboxylic acids is 1. The van der Waals surface area contributed by atoms with Crippen molar-refractivity contribution in [1.82, 2.24) is 10.3 Å². The molecular formula is C11H13N3O. The third kappa shape index (κ3) is 3.39. The van der Waals surface area contributed by atoms with E-state index in [1.807, 2.05) is 6.07 Å². The van der Waals surface area contributed by atoms with Crippen LogP contribution in [0.3, 0.4) is 0 Å². The molecule has 0 aliphatic heterocycles. The van der Waals surface area contributed by atoms with Crippen LogP contribution in [0.4, 0.5) is 0 Å². The fourth-order valence-electron chi connectivity index (χ4n) is 1.19. The quantitative estimate of drug-likeness (QED) is 0.752. The third-order valence-corrected chi connectivity index (χ3v) is 2.00. The van der Waals surface area contributed by atoms with Gasteiger partial charge in [0.2, 0.25) is 0 Å². The van der Waals surface area contributed by atoms with E-state index in [1.165, 1.54) is 0 Å². The predicted molar refractivity (Wildman–Crippen MR) is 56.2 cm³/mol. The lowest BCUT2D eigenvalue weighted by Gasteiger charge is -2.05. The van der Waals surface area contributed by atoms with E-state index >= 15 is 0 Å². The maximum atomic E-state index is 11.6. The number of aryl methyl sites for hydroxylation is 1. The van der Waals surface area contributed by atoms with Crippen LogP contribution in [0.2, 0.25) is 0 Å². The number of amides is 1. The second-order valence-electron chi connectivity index (χ2n) is 3.15. The molecule has 4 nitrogen and oxygen atoms in total. The minimum Gasteiger partial charge on any atom is -0.352 e. The number of nitriles is 1. The Morgan fingerprint density at radius 3 is 3.13 bits per heavy atom. The summed E-state index contributed by atoms with van der Waals surface area (Å²) in [5, 5.41) is 11.1. The number of hydrogen-bond donors (Lipinski definition) is 1. The van der Waals surface area contributed by atoms with Crippen LogP contribution in [0.5, 0.6) is 0 Å². The summed E-state index contributed by atoms with van der Waals surface area (Å²) in [4.78, 5) is 15.6. The molecule has 0 aliphatic rings. The van der Waals surface area contributed by atoms with Crippen LogP contribution >= 0.6 is 0 Å². The Balaban J connectivity index is 2.48. The van der Waals surface area contributed by atoms with Crippen molar-refractivity contribution in [3.05, 3.63) is 29.6 Å². The van der Waals surface area contributed by atoms with E-state index < -0.39 is 0 Å². The summed E-state index contributed by atoms with van der Waals surface area (Å²) in [6, 6.07) is 5.50. The zero-order valence-electron chi connectivity index (χ0n) is 8.66. The van der Waals surface area contributed by atoms with Gasteiger partial charge < -0.3 is 5.32 Å². The van der Waals surface area contributed by atoms with E-state index in [1.54, 1.807) is 25.3 Å². The summed E-state index contributed by atoms with van der Waals surface area (Å²) >= 11 is 0. The summed E-state index contributed by atoms with van der Waals surface area (Å²) < 4.78 is 0. The van der Waals surface area contributed by atoms with Gasteiger partial charge in [0.05, 0.1) is 11.6 Å². The summed E-state index contributed by atoms with van der Waals surface area (Å²) in [5.74, 6) is -0.126. The largest absolute Gasteiger partial charge is 0.352 e.